The molecule has 3 heterocycles. The molecule has 0 saturated carbocycles. The summed E-state index contributed by atoms with van der Waals surface area (Å²) in [6.07, 6.45) is 3.68. The Morgan fingerprint density at radius 2 is 1.78 bits per heavy atom. The van der Waals surface area contributed by atoms with Crippen molar-refractivity contribution in [2.75, 3.05) is 13.1 Å². The molecule has 1 amide bonds. The zero-order valence-corrected chi connectivity index (χ0v) is 26.1. The number of hydrogen-bond acceptors (Lipinski definition) is 4. The monoisotopic (exact) mass is 587 g/mol. The number of rotatable bonds is 7. The first-order chi connectivity index (χ1) is 19.7. The maximum atomic E-state index is 14.6. The van der Waals surface area contributed by atoms with Gasteiger partial charge in [0.25, 0.3) is 11.5 Å². The predicted molar refractivity (Wildman–Crippen MR) is 171 cm³/mol. The molecule has 0 unspecified atom stereocenters. The van der Waals surface area contributed by atoms with Crippen LogP contribution in [0.5, 0.6) is 0 Å². The molecule has 5 nitrogen and oxygen atoms in total. The quantitative estimate of drug-likeness (QED) is 0.218. The van der Waals surface area contributed by atoms with Gasteiger partial charge in [-0.25, -0.2) is 4.98 Å². The van der Waals surface area contributed by atoms with Gasteiger partial charge in [-0.3, -0.25) is 14.2 Å². The van der Waals surface area contributed by atoms with E-state index in [2.05, 4.69) is 52.8 Å². The molecule has 4 aromatic rings. The molecule has 1 atom stereocenters. The number of hydrogen-bond donors (Lipinski definition) is 0. The van der Waals surface area contributed by atoms with E-state index >= 15 is 0 Å². The third kappa shape index (κ3) is 5.77. The van der Waals surface area contributed by atoms with Crippen LogP contribution >= 0.6 is 22.9 Å². The Bertz CT molecular complexity index is 1600. The molecular weight excluding hydrogens is 550 g/mol. The summed E-state index contributed by atoms with van der Waals surface area (Å²) >= 11 is 7.54. The van der Waals surface area contributed by atoms with Crippen molar-refractivity contribution in [1.29, 1.82) is 0 Å². The molecule has 0 aliphatic carbocycles. The molecule has 1 aliphatic heterocycles. The summed E-state index contributed by atoms with van der Waals surface area (Å²) in [5, 5.41) is 3.23. The highest BCUT2D eigenvalue weighted by molar-refractivity contribution is 7.13. The molecule has 0 N–H and O–H groups in total. The normalized spacial score (nSPS) is 15.5. The van der Waals surface area contributed by atoms with Crippen LogP contribution in [-0.2, 0) is 12.8 Å². The number of carbonyl (C=O) groups is 1. The fourth-order valence-electron chi connectivity index (χ4n) is 5.94. The van der Waals surface area contributed by atoms with Gasteiger partial charge < -0.3 is 4.90 Å². The van der Waals surface area contributed by atoms with Crippen LogP contribution in [-0.4, -0.2) is 33.4 Å². The summed E-state index contributed by atoms with van der Waals surface area (Å²) in [5.41, 5.74) is 6.50. The van der Waals surface area contributed by atoms with Crippen LogP contribution in [0.15, 0.2) is 58.7 Å². The highest BCUT2D eigenvalue weighted by Crippen LogP contribution is 2.34. The van der Waals surface area contributed by atoms with Gasteiger partial charge in [0.1, 0.15) is 5.01 Å². The molecule has 2 aromatic heterocycles. The van der Waals surface area contributed by atoms with E-state index in [9.17, 15) is 9.59 Å². The Balaban J connectivity index is 1.79. The number of aromatic nitrogens is 2. The van der Waals surface area contributed by atoms with Crippen molar-refractivity contribution in [3.05, 3.63) is 91.7 Å². The highest BCUT2D eigenvalue weighted by Gasteiger charge is 2.30. The van der Waals surface area contributed by atoms with Gasteiger partial charge in [-0.2, -0.15) is 0 Å². The van der Waals surface area contributed by atoms with Crippen molar-refractivity contribution in [2.24, 2.45) is 5.92 Å². The fraction of sp³-hybridized carbons (Fsp3) is 0.382. The third-order valence-corrected chi connectivity index (χ3v) is 9.15. The van der Waals surface area contributed by atoms with E-state index in [0.29, 0.717) is 27.1 Å². The van der Waals surface area contributed by atoms with E-state index in [4.69, 9.17) is 16.6 Å². The number of para-hydroxylation sites is 1. The first-order valence-electron chi connectivity index (χ1n) is 14.7. The number of pyridine rings is 1. The summed E-state index contributed by atoms with van der Waals surface area (Å²) in [4.78, 5) is 35.8. The van der Waals surface area contributed by atoms with Crippen molar-refractivity contribution in [3.8, 4) is 27.5 Å². The molecule has 1 fully saturated rings. The van der Waals surface area contributed by atoms with Gasteiger partial charge >= 0.3 is 0 Å². The summed E-state index contributed by atoms with van der Waals surface area (Å²) in [6, 6.07) is 15.6. The van der Waals surface area contributed by atoms with E-state index in [1.54, 1.807) is 0 Å². The first-order valence-corrected chi connectivity index (χ1v) is 15.9. The summed E-state index contributed by atoms with van der Waals surface area (Å²) in [6.45, 7) is 12.0. The van der Waals surface area contributed by atoms with Crippen molar-refractivity contribution in [3.63, 3.8) is 0 Å². The predicted octanol–water partition coefficient (Wildman–Crippen LogP) is 8.40. The number of nitrogens with zero attached hydrogens (tertiary/aromatic N) is 3. The fourth-order valence-corrected chi connectivity index (χ4v) is 6.91. The molecule has 2 aromatic carbocycles. The minimum absolute atomic E-state index is 0.00300. The number of carbonyl (C=O) groups excluding carboxylic acids is 1. The van der Waals surface area contributed by atoms with E-state index in [-0.39, 0.29) is 17.4 Å². The van der Waals surface area contributed by atoms with Crippen LogP contribution < -0.4 is 5.56 Å². The van der Waals surface area contributed by atoms with E-state index in [0.717, 1.165) is 72.5 Å². The Morgan fingerprint density at radius 1 is 1.10 bits per heavy atom. The van der Waals surface area contributed by atoms with Crippen molar-refractivity contribution < 1.29 is 4.79 Å². The molecule has 214 valence electrons. The van der Waals surface area contributed by atoms with Crippen LogP contribution in [0.25, 0.3) is 27.5 Å². The minimum atomic E-state index is -0.134. The lowest BCUT2D eigenvalue weighted by atomic mass is 9.95. The van der Waals surface area contributed by atoms with Crippen LogP contribution in [0.2, 0.25) is 5.02 Å². The molecule has 7 heteroatoms. The molecule has 1 saturated heterocycles. The van der Waals surface area contributed by atoms with Crippen molar-refractivity contribution in [1.82, 2.24) is 14.5 Å². The number of benzene rings is 2. The second kappa shape index (κ2) is 12.3. The Labute approximate surface area is 251 Å². The number of halogens is 1. The summed E-state index contributed by atoms with van der Waals surface area (Å²) < 4.78 is 1.85. The van der Waals surface area contributed by atoms with Crippen LogP contribution in [0.1, 0.15) is 80.6 Å². The van der Waals surface area contributed by atoms with Crippen LogP contribution in [0, 0.1) is 5.92 Å². The van der Waals surface area contributed by atoms with Crippen molar-refractivity contribution in [2.45, 2.75) is 66.2 Å². The largest absolute Gasteiger partial charge is 0.338 e. The van der Waals surface area contributed by atoms with Gasteiger partial charge in [0.15, 0.2) is 0 Å². The molecule has 5 rings (SSSR count). The lowest BCUT2D eigenvalue weighted by Crippen LogP contribution is -2.40. The second-order valence-electron chi connectivity index (χ2n) is 11.3. The van der Waals surface area contributed by atoms with Gasteiger partial charge in [-0.1, -0.05) is 76.6 Å². The minimum Gasteiger partial charge on any atom is -0.338 e. The van der Waals surface area contributed by atoms with Gasteiger partial charge in [0.05, 0.1) is 22.5 Å². The maximum absolute atomic E-state index is 14.6. The number of likely N-dealkylation sites (tertiary alicyclic amines) is 1. The SMILES string of the molecule is CCc1cccc(CC)c1-n1c(C(C)C)c(C(=O)N2CCC[C@@H](C)C2)cc(-c2nc(-c3ccc(Cl)cc3)cs2)c1=O. The average Bonchev–Trinajstić information content (AvgIpc) is 3.46. The van der Waals surface area contributed by atoms with Crippen molar-refractivity contribution >= 4 is 28.8 Å². The molecule has 0 bridgehead atoms. The molecule has 0 radical (unpaired) electrons. The Hall–Kier alpha value is -3.22. The number of thiazole rings is 1. The topological polar surface area (TPSA) is 55.2 Å². The average molecular weight is 588 g/mol. The lowest BCUT2D eigenvalue weighted by Gasteiger charge is -2.32. The Kier molecular flexibility index (Phi) is 8.81. The van der Waals surface area contributed by atoms with Gasteiger partial charge in [-0.15, -0.1) is 11.3 Å². The van der Waals surface area contributed by atoms with E-state index in [1.165, 1.54) is 11.3 Å². The van der Waals surface area contributed by atoms with Crippen LogP contribution in [0.3, 0.4) is 0 Å². The van der Waals surface area contributed by atoms with Gasteiger partial charge in [-0.05, 0) is 66.8 Å². The second-order valence-corrected chi connectivity index (χ2v) is 12.6. The number of aryl methyl sites for hydroxylation is 2. The number of piperidine rings is 1. The van der Waals surface area contributed by atoms with Gasteiger partial charge in [0.2, 0.25) is 0 Å². The highest BCUT2D eigenvalue weighted by atomic mass is 35.5. The summed E-state index contributed by atoms with van der Waals surface area (Å²) in [7, 11) is 0. The van der Waals surface area contributed by atoms with Crippen LogP contribution in [0.4, 0.5) is 0 Å². The zero-order chi connectivity index (χ0) is 29.3. The van der Waals surface area contributed by atoms with E-state index in [1.807, 2.05) is 45.2 Å². The van der Waals surface area contributed by atoms with Gasteiger partial charge in [0, 0.05) is 34.7 Å². The Morgan fingerprint density at radius 3 is 2.39 bits per heavy atom. The third-order valence-electron chi connectivity index (χ3n) is 8.02. The molecule has 41 heavy (non-hydrogen) atoms. The summed E-state index contributed by atoms with van der Waals surface area (Å²) in [5.74, 6) is 0.402. The maximum Gasteiger partial charge on any atom is 0.265 e. The molecular formula is C34H38ClN3O2S. The first kappa shape index (κ1) is 29.3. The standard InChI is InChI=1S/C34H38ClN3O2S/c1-6-23-11-8-12-24(7-2)31(23)38-30(21(3)4)27(33(39)37-17-9-10-22(5)19-37)18-28(34(38)40)32-36-29(20-41-32)25-13-15-26(35)16-14-25/h8,11-16,18,20-22H,6-7,9-10,17,19H2,1-5H3/t22-/m1/s1. The lowest BCUT2D eigenvalue weighted by molar-refractivity contribution is 0.0680. The number of amides is 1. The smallest absolute Gasteiger partial charge is 0.265 e. The zero-order valence-electron chi connectivity index (χ0n) is 24.5. The van der Waals surface area contributed by atoms with E-state index < -0.39 is 0 Å². The molecule has 1 aliphatic rings. The molecule has 0 spiro atoms.